The van der Waals surface area contributed by atoms with Crippen molar-refractivity contribution < 1.29 is 0 Å². The van der Waals surface area contributed by atoms with Gasteiger partial charge in [0.25, 0.3) is 0 Å². The third-order valence-electron chi connectivity index (χ3n) is 3.34. The summed E-state index contributed by atoms with van der Waals surface area (Å²) in [6.07, 6.45) is 2.07. The molecule has 0 amide bonds. The maximum atomic E-state index is 4.32. The Hall–Kier alpha value is -0.760. The van der Waals surface area contributed by atoms with Gasteiger partial charge in [-0.3, -0.25) is 4.99 Å². The summed E-state index contributed by atoms with van der Waals surface area (Å²) < 4.78 is 2.13. The first-order chi connectivity index (χ1) is 9.08. The molecule has 1 heterocycles. The molecular formula is C14H28IN5. The second-order valence-electron chi connectivity index (χ2n) is 4.84. The van der Waals surface area contributed by atoms with Gasteiger partial charge >= 0.3 is 0 Å². The van der Waals surface area contributed by atoms with E-state index in [-0.39, 0.29) is 24.0 Å². The molecule has 0 aromatic carbocycles. The molecule has 0 fully saturated rings. The summed E-state index contributed by atoms with van der Waals surface area (Å²) in [6, 6.07) is 4.20. The quantitative estimate of drug-likeness (QED) is 0.453. The molecule has 0 unspecified atom stereocenters. The van der Waals surface area contributed by atoms with Crippen LogP contribution in [0.15, 0.2) is 23.3 Å². The molecule has 0 saturated heterocycles. The number of aromatic nitrogens is 1. The van der Waals surface area contributed by atoms with E-state index in [1.54, 1.807) is 0 Å². The van der Waals surface area contributed by atoms with Gasteiger partial charge in [0.05, 0.1) is 6.54 Å². The fraction of sp³-hybridized carbons (Fsp3) is 0.643. The molecule has 20 heavy (non-hydrogen) atoms. The summed E-state index contributed by atoms with van der Waals surface area (Å²) in [5, 5.41) is 3.39. The number of nitrogens with zero attached hydrogens (tertiary/aromatic N) is 4. The number of hydrogen-bond donors (Lipinski definition) is 1. The molecule has 116 valence electrons. The molecule has 0 radical (unpaired) electrons. The molecule has 1 aromatic heterocycles. The Morgan fingerprint density at radius 2 is 2.10 bits per heavy atom. The minimum Gasteiger partial charge on any atom is -0.355 e. The van der Waals surface area contributed by atoms with Crippen molar-refractivity contribution in [2.45, 2.75) is 13.5 Å². The minimum absolute atomic E-state index is 0. The van der Waals surface area contributed by atoms with E-state index in [4.69, 9.17) is 0 Å². The first-order valence-corrected chi connectivity index (χ1v) is 6.79. The van der Waals surface area contributed by atoms with Crippen molar-refractivity contribution in [1.29, 1.82) is 0 Å². The van der Waals surface area contributed by atoms with Gasteiger partial charge in [0.1, 0.15) is 0 Å². The van der Waals surface area contributed by atoms with Crippen LogP contribution in [-0.4, -0.2) is 61.1 Å². The summed E-state index contributed by atoms with van der Waals surface area (Å²) in [5.74, 6) is 0.936. The molecule has 0 atom stereocenters. The Balaban J connectivity index is 0.00000361. The molecule has 5 nitrogen and oxygen atoms in total. The van der Waals surface area contributed by atoms with Gasteiger partial charge in [-0.05, 0) is 25.7 Å². The normalized spacial score (nSPS) is 11.4. The van der Waals surface area contributed by atoms with Gasteiger partial charge in [-0.25, -0.2) is 0 Å². The minimum atomic E-state index is 0. The van der Waals surface area contributed by atoms with E-state index in [0.29, 0.717) is 0 Å². The van der Waals surface area contributed by atoms with E-state index in [9.17, 15) is 0 Å². The van der Waals surface area contributed by atoms with Gasteiger partial charge in [-0.2, -0.15) is 0 Å². The maximum Gasteiger partial charge on any atom is 0.193 e. The first-order valence-electron chi connectivity index (χ1n) is 6.79. The van der Waals surface area contributed by atoms with Crippen molar-refractivity contribution in [1.82, 2.24) is 19.7 Å². The van der Waals surface area contributed by atoms with Crippen molar-refractivity contribution >= 4 is 29.9 Å². The summed E-state index contributed by atoms with van der Waals surface area (Å²) in [6.45, 7) is 6.02. The Kier molecular flexibility index (Phi) is 9.66. The van der Waals surface area contributed by atoms with Crippen molar-refractivity contribution in [2.24, 2.45) is 12.0 Å². The zero-order valence-electron chi connectivity index (χ0n) is 13.3. The predicted octanol–water partition coefficient (Wildman–Crippen LogP) is 1.60. The molecular weight excluding hydrogens is 365 g/mol. The van der Waals surface area contributed by atoms with Crippen molar-refractivity contribution in [3.05, 3.63) is 24.0 Å². The molecule has 0 aliphatic heterocycles. The lowest BCUT2D eigenvalue weighted by Crippen LogP contribution is -2.41. The SMILES string of the molecule is CCN(C)CCNC(=NC)N(C)Cc1cccn1C.I. The standard InChI is InChI=1S/C14H27N5.HI/c1-6-17(3)11-9-16-14(15-2)19(5)12-13-8-7-10-18(13)4;/h7-8,10H,6,9,11-12H2,1-5H3,(H,15,16);1H. The predicted molar refractivity (Wildman–Crippen MR) is 96.8 cm³/mol. The Bertz CT molecular complexity index is 402. The number of hydrogen-bond acceptors (Lipinski definition) is 2. The zero-order valence-corrected chi connectivity index (χ0v) is 15.6. The van der Waals surface area contributed by atoms with E-state index in [1.807, 2.05) is 7.05 Å². The van der Waals surface area contributed by atoms with Crippen LogP contribution in [0, 0.1) is 0 Å². The molecule has 0 aliphatic carbocycles. The Morgan fingerprint density at radius 1 is 1.40 bits per heavy atom. The van der Waals surface area contributed by atoms with Crippen molar-refractivity contribution in [3.8, 4) is 0 Å². The van der Waals surface area contributed by atoms with E-state index in [1.165, 1.54) is 5.69 Å². The van der Waals surface area contributed by atoms with Crippen LogP contribution in [0.4, 0.5) is 0 Å². The fourth-order valence-electron chi connectivity index (χ4n) is 1.88. The molecule has 1 aromatic rings. The van der Waals surface area contributed by atoms with E-state index < -0.39 is 0 Å². The molecule has 0 saturated carbocycles. The van der Waals surface area contributed by atoms with Crippen LogP contribution in [-0.2, 0) is 13.6 Å². The second kappa shape index (κ2) is 10.0. The highest BCUT2D eigenvalue weighted by Gasteiger charge is 2.08. The van der Waals surface area contributed by atoms with Gasteiger partial charge in [-0.15, -0.1) is 24.0 Å². The average Bonchev–Trinajstić information content (AvgIpc) is 2.79. The van der Waals surface area contributed by atoms with Crippen LogP contribution in [0.25, 0.3) is 0 Å². The van der Waals surface area contributed by atoms with Crippen LogP contribution in [0.2, 0.25) is 0 Å². The van der Waals surface area contributed by atoms with Gasteiger partial charge in [0.15, 0.2) is 5.96 Å². The molecule has 0 aliphatic rings. The monoisotopic (exact) mass is 393 g/mol. The lowest BCUT2D eigenvalue weighted by molar-refractivity contribution is 0.353. The number of halogens is 1. The molecule has 6 heteroatoms. The zero-order chi connectivity index (χ0) is 14.3. The molecule has 1 N–H and O–H groups in total. The van der Waals surface area contributed by atoms with Crippen LogP contribution >= 0.6 is 24.0 Å². The summed E-state index contributed by atoms with van der Waals surface area (Å²) in [5.41, 5.74) is 1.27. The van der Waals surface area contributed by atoms with E-state index >= 15 is 0 Å². The van der Waals surface area contributed by atoms with Crippen molar-refractivity contribution in [3.63, 3.8) is 0 Å². The number of likely N-dealkylation sites (N-methyl/N-ethyl adjacent to an activating group) is 1. The van der Waals surface area contributed by atoms with E-state index in [2.05, 4.69) is 71.1 Å². The van der Waals surface area contributed by atoms with Gasteiger partial charge < -0.3 is 19.7 Å². The summed E-state index contributed by atoms with van der Waals surface area (Å²) in [7, 11) is 8.08. The van der Waals surface area contributed by atoms with Crippen molar-refractivity contribution in [2.75, 3.05) is 40.8 Å². The number of guanidine groups is 1. The smallest absolute Gasteiger partial charge is 0.193 e. The molecule has 1 rings (SSSR count). The fourth-order valence-corrected chi connectivity index (χ4v) is 1.88. The summed E-state index contributed by atoms with van der Waals surface area (Å²) >= 11 is 0. The highest BCUT2D eigenvalue weighted by Crippen LogP contribution is 2.03. The Morgan fingerprint density at radius 3 is 2.60 bits per heavy atom. The lowest BCUT2D eigenvalue weighted by atomic mass is 10.4. The van der Waals surface area contributed by atoms with Crippen LogP contribution in [0.5, 0.6) is 0 Å². The molecule has 0 spiro atoms. The number of aryl methyl sites for hydroxylation is 1. The van der Waals surface area contributed by atoms with Gasteiger partial charge in [0.2, 0.25) is 0 Å². The summed E-state index contributed by atoms with van der Waals surface area (Å²) in [4.78, 5) is 8.74. The number of aliphatic imine (C=N–C) groups is 1. The number of rotatable bonds is 6. The van der Waals surface area contributed by atoms with Crippen LogP contribution in [0.1, 0.15) is 12.6 Å². The van der Waals surface area contributed by atoms with E-state index in [0.717, 1.165) is 32.1 Å². The second-order valence-corrected chi connectivity index (χ2v) is 4.84. The topological polar surface area (TPSA) is 35.8 Å². The average molecular weight is 393 g/mol. The largest absolute Gasteiger partial charge is 0.355 e. The first kappa shape index (κ1) is 19.2. The Labute approximate surface area is 140 Å². The van der Waals surface area contributed by atoms with Gasteiger partial charge in [0, 0.05) is 46.1 Å². The van der Waals surface area contributed by atoms with Crippen LogP contribution in [0.3, 0.4) is 0 Å². The maximum absolute atomic E-state index is 4.32. The van der Waals surface area contributed by atoms with Crippen LogP contribution < -0.4 is 5.32 Å². The third kappa shape index (κ3) is 6.13. The number of nitrogens with one attached hydrogen (secondary N) is 1. The third-order valence-corrected chi connectivity index (χ3v) is 3.34. The molecule has 0 bridgehead atoms. The highest BCUT2D eigenvalue weighted by atomic mass is 127. The van der Waals surface area contributed by atoms with Gasteiger partial charge in [-0.1, -0.05) is 6.92 Å². The highest BCUT2D eigenvalue weighted by molar-refractivity contribution is 14.0. The lowest BCUT2D eigenvalue weighted by Gasteiger charge is -2.23.